The second kappa shape index (κ2) is 5.75. The minimum Gasteiger partial charge on any atom is -0.378 e. The minimum absolute atomic E-state index is 0.0644. The third kappa shape index (κ3) is 2.95. The summed E-state index contributed by atoms with van der Waals surface area (Å²) >= 11 is 0. The highest BCUT2D eigenvalue weighted by Crippen LogP contribution is 2.28. The Hall–Kier alpha value is -1.43. The van der Waals surface area contributed by atoms with Crippen LogP contribution in [0.1, 0.15) is 44.0 Å². The summed E-state index contributed by atoms with van der Waals surface area (Å²) in [6.07, 6.45) is 5.41. The van der Waals surface area contributed by atoms with Crippen LogP contribution in [0.4, 0.5) is 0 Å². The molecular formula is C15H24N4O2. The lowest BCUT2D eigenvalue weighted by Gasteiger charge is -2.29. The van der Waals surface area contributed by atoms with E-state index in [4.69, 9.17) is 4.74 Å². The molecule has 6 nitrogen and oxygen atoms in total. The Morgan fingerprint density at radius 2 is 2.14 bits per heavy atom. The molecule has 0 saturated carbocycles. The lowest BCUT2D eigenvalue weighted by molar-refractivity contribution is -0.136. The Morgan fingerprint density at radius 3 is 2.95 bits per heavy atom. The molecule has 1 aliphatic heterocycles. The van der Waals surface area contributed by atoms with Gasteiger partial charge in [0.15, 0.2) is 0 Å². The predicted octanol–water partition coefficient (Wildman–Crippen LogP) is 1.33. The summed E-state index contributed by atoms with van der Waals surface area (Å²) in [7, 11) is 1.77. The first-order chi connectivity index (χ1) is 10.1. The van der Waals surface area contributed by atoms with E-state index in [0.29, 0.717) is 0 Å². The molecule has 1 saturated heterocycles. The molecule has 1 aromatic rings. The number of hydrogen-bond donors (Lipinski definition) is 1. The van der Waals surface area contributed by atoms with Gasteiger partial charge in [0, 0.05) is 32.5 Å². The van der Waals surface area contributed by atoms with Crippen molar-refractivity contribution in [3.05, 3.63) is 11.4 Å². The highest BCUT2D eigenvalue weighted by molar-refractivity contribution is 5.79. The Labute approximate surface area is 125 Å². The molecule has 0 spiro atoms. The van der Waals surface area contributed by atoms with Gasteiger partial charge in [0.1, 0.15) is 0 Å². The zero-order valence-electron chi connectivity index (χ0n) is 12.9. The Kier molecular flexibility index (Phi) is 3.97. The Bertz CT molecular complexity index is 516. The zero-order chi connectivity index (χ0) is 14.9. The SMILES string of the molecule is COC1(C)CCCN(C(=O)C2CCc3n[nH]nc3C2)CC1. The van der Waals surface area contributed by atoms with Crippen LogP contribution in [0.3, 0.4) is 0 Å². The number of aromatic nitrogens is 3. The molecule has 2 atom stereocenters. The number of rotatable bonds is 2. The summed E-state index contributed by atoms with van der Waals surface area (Å²) in [5.74, 6) is 0.346. The summed E-state index contributed by atoms with van der Waals surface area (Å²) < 4.78 is 5.61. The van der Waals surface area contributed by atoms with Crippen LogP contribution in [0, 0.1) is 5.92 Å². The number of H-pyrrole nitrogens is 1. The van der Waals surface area contributed by atoms with Crippen molar-refractivity contribution in [3.8, 4) is 0 Å². The van der Waals surface area contributed by atoms with Gasteiger partial charge in [-0.25, -0.2) is 0 Å². The zero-order valence-corrected chi connectivity index (χ0v) is 12.9. The number of carbonyl (C=O) groups excluding carboxylic acids is 1. The molecule has 1 N–H and O–H groups in total. The van der Waals surface area contributed by atoms with Gasteiger partial charge in [0.05, 0.1) is 17.0 Å². The molecule has 6 heteroatoms. The Morgan fingerprint density at radius 1 is 1.33 bits per heavy atom. The van der Waals surface area contributed by atoms with E-state index in [1.807, 2.05) is 4.90 Å². The van der Waals surface area contributed by atoms with Gasteiger partial charge in [-0.2, -0.15) is 15.4 Å². The number of aryl methyl sites for hydroxylation is 1. The molecule has 1 aliphatic carbocycles. The number of aromatic amines is 1. The number of hydrogen-bond acceptors (Lipinski definition) is 4. The van der Waals surface area contributed by atoms with Gasteiger partial charge >= 0.3 is 0 Å². The summed E-state index contributed by atoms with van der Waals surface area (Å²) in [5, 5.41) is 11.0. The van der Waals surface area contributed by atoms with Crippen LogP contribution in [0.2, 0.25) is 0 Å². The topological polar surface area (TPSA) is 71.1 Å². The monoisotopic (exact) mass is 292 g/mol. The van der Waals surface area contributed by atoms with Crippen molar-refractivity contribution in [2.75, 3.05) is 20.2 Å². The van der Waals surface area contributed by atoms with E-state index >= 15 is 0 Å². The molecule has 1 amide bonds. The molecule has 2 heterocycles. The van der Waals surface area contributed by atoms with Gasteiger partial charge in [0.2, 0.25) is 5.91 Å². The highest BCUT2D eigenvalue weighted by atomic mass is 16.5. The maximum Gasteiger partial charge on any atom is 0.226 e. The normalized spacial score (nSPS) is 29.8. The van der Waals surface area contributed by atoms with Crippen molar-refractivity contribution in [2.24, 2.45) is 5.92 Å². The number of carbonyl (C=O) groups is 1. The van der Waals surface area contributed by atoms with Crippen LogP contribution >= 0.6 is 0 Å². The van der Waals surface area contributed by atoms with Crippen LogP contribution in [0.5, 0.6) is 0 Å². The van der Waals surface area contributed by atoms with Crippen LogP contribution in [-0.2, 0) is 22.4 Å². The Balaban J connectivity index is 1.63. The maximum absolute atomic E-state index is 12.8. The van der Waals surface area contributed by atoms with Crippen molar-refractivity contribution in [3.63, 3.8) is 0 Å². The maximum atomic E-state index is 12.8. The van der Waals surface area contributed by atoms with Crippen molar-refractivity contribution in [1.29, 1.82) is 0 Å². The average molecular weight is 292 g/mol. The van der Waals surface area contributed by atoms with Crippen molar-refractivity contribution < 1.29 is 9.53 Å². The number of methoxy groups -OCH3 is 1. The standard InChI is InChI=1S/C15H24N4O2/c1-15(21-2)6-3-8-19(9-7-15)14(20)11-4-5-12-13(10-11)17-18-16-12/h11H,3-10H2,1-2H3,(H,16,17,18). The van der Waals surface area contributed by atoms with E-state index < -0.39 is 0 Å². The molecule has 1 aromatic heterocycles. The number of amides is 1. The summed E-state index contributed by atoms with van der Waals surface area (Å²) in [6, 6.07) is 0. The highest BCUT2D eigenvalue weighted by Gasteiger charge is 2.33. The van der Waals surface area contributed by atoms with E-state index in [2.05, 4.69) is 22.3 Å². The van der Waals surface area contributed by atoms with Crippen molar-refractivity contribution >= 4 is 5.91 Å². The summed E-state index contributed by atoms with van der Waals surface area (Å²) in [5.41, 5.74) is 1.92. The molecule has 0 bridgehead atoms. The molecule has 0 aromatic carbocycles. The first kappa shape index (κ1) is 14.5. The fourth-order valence-electron chi connectivity index (χ4n) is 3.43. The van der Waals surface area contributed by atoms with Crippen LogP contribution in [0.15, 0.2) is 0 Å². The van der Waals surface area contributed by atoms with E-state index in [0.717, 1.165) is 63.0 Å². The average Bonchev–Trinajstić information content (AvgIpc) is 2.88. The fraction of sp³-hybridized carbons (Fsp3) is 0.800. The smallest absolute Gasteiger partial charge is 0.226 e. The van der Waals surface area contributed by atoms with Crippen molar-refractivity contribution in [1.82, 2.24) is 20.3 Å². The molecule has 3 rings (SSSR count). The van der Waals surface area contributed by atoms with Crippen molar-refractivity contribution in [2.45, 2.75) is 51.0 Å². The molecule has 2 aliphatic rings. The molecule has 21 heavy (non-hydrogen) atoms. The molecular weight excluding hydrogens is 268 g/mol. The fourth-order valence-corrected chi connectivity index (χ4v) is 3.43. The lowest BCUT2D eigenvalue weighted by Crippen LogP contribution is -2.39. The van der Waals surface area contributed by atoms with E-state index in [1.165, 1.54) is 0 Å². The molecule has 2 unspecified atom stereocenters. The van der Waals surface area contributed by atoms with Crippen LogP contribution in [-0.4, -0.2) is 52.0 Å². The number of nitrogens with one attached hydrogen (secondary N) is 1. The van der Waals surface area contributed by atoms with E-state index in [-0.39, 0.29) is 17.4 Å². The van der Waals surface area contributed by atoms with Gasteiger partial charge < -0.3 is 9.64 Å². The number of ether oxygens (including phenoxy) is 1. The quantitative estimate of drug-likeness (QED) is 0.892. The predicted molar refractivity (Wildman–Crippen MR) is 77.7 cm³/mol. The van der Waals surface area contributed by atoms with Gasteiger partial charge in [-0.3, -0.25) is 4.79 Å². The van der Waals surface area contributed by atoms with Crippen LogP contribution in [0.25, 0.3) is 0 Å². The second-order valence-corrected chi connectivity index (χ2v) is 6.49. The number of nitrogens with zero attached hydrogens (tertiary/aromatic N) is 3. The number of likely N-dealkylation sites (tertiary alicyclic amines) is 1. The van der Waals surface area contributed by atoms with Gasteiger partial charge in [-0.15, -0.1) is 0 Å². The largest absolute Gasteiger partial charge is 0.378 e. The molecule has 1 fully saturated rings. The summed E-state index contributed by atoms with van der Waals surface area (Å²) in [6.45, 7) is 3.79. The summed E-state index contributed by atoms with van der Waals surface area (Å²) in [4.78, 5) is 14.8. The second-order valence-electron chi connectivity index (χ2n) is 6.49. The van der Waals surface area contributed by atoms with Crippen LogP contribution < -0.4 is 0 Å². The van der Waals surface area contributed by atoms with Gasteiger partial charge in [0.25, 0.3) is 0 Å². The van der Waals surface area contributed by atoms with Gasteiger partial charge in [-0.1, -0.05) is 0 Å². The first-order valence-electron chi connectivity index (χ1n) is 7.84. The third-order valence-corrected chi connectivity index (χ3v) is 5.07. The van der Waals surface area contributed by atoms with Gasteiger partial charge in [-0.05, 0) is 39.0 Å². The first-order valence-corrected chi connectivity index (χ1v) is 7.84. The van der Waals surface area contributed by atoms with E-state index in [1.54, 1.807) is 7.11 Å². The molecule has 116 valence electrons. The van der Waals surface area contributed by atoms with E-state index in [9.17, 15) is 4.79 Å². The minimum atomic E-state index is -0.0825. The lowest BCUT2D eigenvalue weighted by atomic mass is 9.88. The third-order valence-electron chi connectivity index (χ3n) is 5.07. The number of fused-ring (bicyclic) bond motifs is 1. The molecule has 0 radical (unpaired) electrons.